The van der Waals surface area contributed by atoms with E-state index in [4.69, 9.17) is 5.84 Å². The number of hydrazine groups is 1. The fourth-order valence-electron chi connectivity index (χ4n) is 2.20. The van der Waals surface area contributed by atoms with E-state index in [1.165, 1.54) is 64.2 Å². The van der Waals surface area contributed by atoms with Gasteiger partial charge in [0.2, 0.25) is 5.91 Å². The van der Waals surface area contributed by atoms with Gasteiger partial charge in [-0.05, 0) is 6.42 Å². The van der Waals surface area contributed by atoms with Gasteiger partial charge in [-0.2, -0.15) is 0 Å². The molecule has 0 aromatic rings. The van der Waals surface area contributed by atoms with Crippen molar-refractivity contribution in [2.45, 2.75) is 90.4 Å². The Morgan fingerprint density at radius 2 is 1.17 bits per heavy atom. The fourth-order valence-corrected chi connectivity index (χ4v) is 2.20. The molecule has 0 aromatic carbocycles. The van der Waals surface area contributed by atoms with E-state index < -0.39 is 0 Å². The Morgan fingerprint density at radius 1 is 0.778 bits per heavy atom. The van der Waals surface area contributed by atoms with Crippen molar-refractivity contribution in [3.8, 4) is 0 Å². The first-order valence-electron chi connectivity index (χ1n) is 7.80. The van der Waals surface area contributed by atoms with E-state index in [9.17, 15) is 4.79 Å². The SMILES string of the molecule is CCCCCCCCCCCCCCC(=O)NN. The Labute approximate surface area is 113 Å². The lowest BCUT2D eigenvalue weighted by Gasteiger charge is -2.02. The van der Waals surface area contributed by atoms with E-state index in [0.717, 1.165) is 12.8 Å². The molecule has 3 heteroatoms. The molecular weight excluding hydrogens is 224 g/mol. The summed E-state index contributed by atoms with van der Waals surface area (Å²) in [4.78, 5) is 10.9. The van der Waals surface area contributed by atoms with Gasteiger partial charge >= 0.3 is 0 Å². The second-order valence-electron chi connectivity index (χ2n) is 5.21. The molecule has 0 aliphatic carbocycles. The van der Waals surface area contributed by atoms with Crippen molar-refractivity contribution in [3.05, 3.63) is 0 Å². The molecule has 0 aliphatic rings. The first-order chi connectivity index (χ1) is 8.81. The van der Waals surface area contributed by atoms with E-state index in [1.807, 2.05) is 0 Å². The van der Waals surface area contributed by atoms with Gasteiger partial charge in [0.15, 0.2) is 0 Å². The molecule has 0 atom stereocenters. The van der Waals surface area contributed by atoms with Crippen molar-refractivity contribution in [1.29, 1.82) is 0 Å². The van der Waals surface area contributed by atoms with Crippen molar-refractivity contribution < 1.29 is 4.79 Å². The van der Waals surface area contributed by atoms with Crippen molar-refractivity contribution in [2.75, 3.05) is 0 Å². The summed E-state index contributed by atoms with van der Waals surface area (Å²) in [6.07, 6.45) is 16.4. The lowest BCUT2D eigenvalue weighted by Crippen LogP contribution is -2.29. The summed E-state index contributed by atoms with van der Waals surface area (Å²) in [5, 5.41) is 0. The van der Waals surface area contributed by atoms with Crippen LogP contribution in [0.3, 0.4) is 0 Å². The van der Waals surface area contributed by atoms with Crippen molar-refractivity contribution in [1.82, 2.24) is 5.43 Å². The maximum Gasteiger partial charge on any atom is 0.233 e. The third-order valence-corrected chi connectivity index (χ3v) is 3.42. The number of amides is 1. The summed E-state index contributed by atoms with van der Waals surface area (Å²) in [7, 11) is 0. The van der Waals surface area contributed by atoms with Gasteiger partial charge in [-0.25, -0.2) is 5.84 Å². The molecule has 0 spiro atoms. The Hall–Kier alpha value is -0.570. The van der Waals surface area contributed by atoms with Gasteiger partial charge in [-0.15, -0.1) is 0 Å². The molecule has 0 aromatic heterocycles. The number of unbranched alkanes of at least 4 members (excludes halogenated alkanes) is 11. The van der Waals surface area contributed by atoms with Crippen LogP contribution in [0.25, 0.3) is 0 Å². The number of rotatable bonds is 13. The summed E-state index contributed by atoms with van der Waals surface area (Å²) < 4.78 is 0. The van der Waals surface area contributed by atoms with E-state index >= 15 is 0 Å². The number of carbonyl (C=O) groups excluding carboxylic acids is 1. The van der Waals surface area contributed by atoms with Crippen LogP contribution in [0.1, 0.15) is 90.4 Å². The van der Waals surface area contributed by atoms with Gasteiger partial charge in [0.25, 0.3) is 0 Å². The number of nitrogens with two attached hydrogens (primary N) is 1. The Kier molecular flexibility index (Phi) is 14.0. The summed E-state index contributed by atoms with van der Waals surface area (Å²) in [6.45, 7) is 2.26. The van der Waals surface area contributed by atoms with Crippen molar-refractivity contribution in [2.24, 2.45) is 5.84 Å². The van der Waals surface area contributed by atoms with Gasteiger partial charge < -0.3 is 0 Å². The zero-order valence-corrected chi connectivity index (χ0v) is 12.2. The summed E-state index contributed by atoms with van der Waals surface area (Å²) in [5.41, 5.74) is 2.17. The molecule has 0 fully saturated rings. The summed E-state index contributed by atoms with van der Waals surface area (Å²) in [6, 6.07) is 0. The molecular formula is C15H32N2O. The predicted molar refractivity (Wildman–Crippen MR) is 78.0 cm³/mol. The summed E-state index contributed by atoms with van der Waals surface area (Å²) >= 11 is 0. The van der Waals surface area contributed by atoms with Crippen LogP contribution in [-0.4, -0.2) is 5.91 Å². The molecule has 0 radical (unpaired) electrons. The Bertz CT molecular complexity index is 183. The van der Waals surface area contributed by atoms with E-state index in [2.05, 4.69) is 12.3 Å². The van der Waals surface area contributed by atoms with E-state index in [0.29, 0.717) is 6.42 Å². The number of nitrogens with one attached hydrogen (secondary N) is 1. The van der Waals surface area contributed by atoms with Gasteiger partial charge in [-0.1, -0.05) is 77.6 Å². The van der Waals surface area contributed by atoms with Gasteiger partial charge in [0.1, 0.15) is 0 Å². The first kappa shape index (κ1) is 17.4. The molecule has 0 unspecified atom stereocenters. The lowest BCUT2D eigenvalue weighted by atomic mass is 10.0. The maximum absolute atomic E-state index is 10.9. The minimum atomic E-state index is -0.0397. The topological polar surface area (TPSA) is 55.1 Å². The average Bonchev–Trinajstić information content (AvgIpc) is 2.39. The monoisotopic (exact) mass is 256 g/mol. The van der Waals surface area contributed by atoms with Crippen LogP contribution in [0.5, 0.6) is 0 Å². The summed E-state index contributed by atoms with van der Waals surface area (Å²) in [5.74, 6) is 4.97. The fraction of sp³-hybridized carbons (Fsp3) is 0.933. The van der Waals surface area contributed by atoms with Gasteiger partial charge in [0, 0.05) is 6.42 Å². The van der Waals surface area contributed by atoms with E-state index in [1.54, 1.807) is 0 Å². The average molecular weight is 256 g/mol. The standard InChI is InChI=1S/C15H32N2O/c1-2-3-4-5-6-7-8-9-10-11-12-13-14-15(18)17-16/h2-14,16H2,1H3,(H,17,18). The molecule has 3 nitrogen and oxygen atoms in total. The van der Waals surface area contributed by atoms with E-state index in [-0.39, 0.29) is 5.91 Å². The van der Waals surface area contributed by atoms with Gasteiger partial charge in [0.05, 0.1) is 0 Å². The van der Waals surface area contributed by atoms with Crippen LogP contribution in [-0.2, 0) is 4.79 Å². The third kappa shape index (κ3) is 13.5. The maximum atomic E-state index is 10.9. The molecule has 0 heterocycles. The minimum Gasteiger partial charge on any atom is -0.294 e. The number of hydrogen-bond acceptors (Lipinski definition) is 2. The number of hydrogen-bond donors (Lipinski definition) is 2. The minimum absolute atomic E-state index is 0.0397. The highest BCUT2D eigenvalue weighted by molar-refractivity contribution is 5.74. The van der Waals surface area contributed by atoms with Crippen LogP contribution in [0.4, 0.5) is 0 Å². The quantitative estimate of drug-likeness (QED) is 0.226. The largest absolute Gasteiger partial charge is 0.294 e. The Morgan fingerprint density at radius 3 is 1.56 bits per heavy atom. The van der Waals surface area contributed by atoms with Crippen LogP contribution in [0.2, 0.25) is 0 Å². The number of carbonyl (C=O) groups is 1. The molecule has 0 saturated heterocycles. The first-order valence-corrected chi connectivity index (χ1v) is 7.80. The molecule has 1 amide bonds. The zero-order chi connectivity index (χ0) is 13.5. The molecule has 0 rings (SSSR count). The second-order valence-corrected chi connectivity index (χ2v) is 5.21. The second kappa shape index (κ2) is 14.5. The molecule has 0 aliphatic heterocycles. The van der Waals surface area contributed by atoms with Crippen LogP contribution in [0.15, 0.2) is 0 Å². The molecule has 0 bridgehead atoms. The van der Waals surface area contributed by atoms with Crippen LogP contribution < -0.4 is 11.3 Å². The molecule has 108 valence electrons. The zero-order valence-electron chi connectivity index (χ0n) is 12.2. The molecule has 3 N–H and O–H groups in total. The highest BCUT2D eigenvalue weighted by atomic mass is 16.2. The molecule has 18 heavy (non-hydrogen) atoms. The van der Waals surface area contributed by atoms with Gasteiger partial charge in [-0.3, -0.25) is 10.2 Å². The van der Waals surface area contributed by atoms with Crippen molar-refractivity contribution >= 4 is 5.91 Å². The normalized spacial score (nSPS) is 10.6. The Balaban J connectivity index is 2.97. The van der Waals surface area contributed by atoms with Crippen LogP contribution in [0, 0.1) is 0 Å². The smallest absolute Gasteiger partial charge is 0.233 e. The highest BCUT2D eigenvalue weighted by Crippen LogP contribution is 2.12. The van der Waals surface area contributed by atoms with Crippen LogP contribution >= 0.6 is 0 Å². The highest BCUT2D eigenvalue weighted by Gasteiger charge is 1.97. The van der Waals surface area contributed by atoms with Crippen molar-refractivity contribution in [3.63, 3.8) is 0 Å². The predicted octanol–water partition coefficient (Wildman–Crippen LogP) is 4.07. The lowest BCUT2D eigenvalue weighted by molar-refractivity contribution is -0.121. The molecule has 0 saturated carbocycles. The third-order valence-electron chi connectivity index (χ3n) is 3.42.